The largest absolute Gasteiger partial charge is 0.366 e. The molecule has 2 aliphatic rings. The fraction of sp³-hybridized carbons (Fsp3) is 0.391. The van der Waals surface area contributed by atoms with E-state index < -0.39 is 5.91 Å². The number of nitrogens with two attached hydrogens (primary N) is 1. The molecule has 0 spiro atoms. The first-order chi connectivity index (χ1) is 14.4. The highest BCUT2D eigenvalue weighted by Gasteiger charge is 2.36. The second kappa shape index (κ2) is 8.26. The molecule has 0 bridgehead atoms. The van der Waals surface area contributed by atoms with Crippen molar-refractivity contribution in [2.24, 2.45) is 11.7 Å². The summed E-state index contributed by atoms with van der Waals surface area (Å²) in [7, 11) is 1.75. The molecule has 30 heavy (non-hydrogen) atoms. The molecule has 2 aliphatic heterocycles. The molecule has 3 amide bonds. The van der Waals surface area contributed by atoms with E-state index in [9.17, 15) is 14.4 Å². The smallest absolute Gasteiger partial charge is 0.248 e. The van der Waals surface area contributed by atoms with Gasteiger partial charge in [-0.3, -0.25) is 19.4 Å². The Bertz CT molecular complexity index is 965. The van der Waals surface area contributed by atoms with Gasteiger partial charge in [0.25, 0.3) is 0 Å². The summed E-state index contributed by atoms with van der Waals surface area (Å²) in [6, 6.07) is 11.2. The van der Waals surface area contributed by atoms with Gasteiger partial charge in [-0.15, -0.1) is 0 Å². The lowest BCUT2D eigenvalue weighted by atomic mass is 9.91. The lowest BCUT2D eigenvalue weighted by Crippen LogP contribution is -2.42. The predicted molar refractivity (Wildman–Crippen MR) is 112 cm³/mol. The highest BCUT2D eigenvalue weighted by molar-refractivity contribution is 5.94. The molecular weight excluding hydrogens is 380 g/mol. The van der Waals surface area contributed by atoms with Crippen molar-refractivity contribution in [3.8, 4) is 11.1 Å². The molecule has 0 saturated carbocycles. The summed E-state index contributed by atoms with van der Waals surface area (Å²) in [5.74, 6) is -0.186. The summed E-state index contributed by atoms with van der Waals surface area (Å²) in [5, 5.41) is 0. The molecule has 2 saturated heterocycles. The molecule has 0 radical (unpaired) electrons. The predicted octanol–water partition coefficient (Wildman–Crippen LogP) is 2.03. The van der Waals surface area contributed by atoms with Crippen LogP contribution >= 0.6 is 0 Å². The van der Waals surface area contributed by atoms with Gasteiger partial charge >= 0.3 is 0 Å². The van der Waals surface area contributed by atoms with E-state index in [4.69, 9.17) is 5.73 Å². The van der Waals surface area contributed by atoms with E-state index in [-0.39, 0.29) is 17.7 Å². The number of likely N-dealkylation sites (tertiary alicyclic amines) is 2. The normalized spacial score (nSPS) is 19.9. The number of piperidine rings is 1. The number of aromatic nitrogens is 1. The van der Waals surface area contributed by atoms with Crippen LogP contribution in [0.2, 0.25) is 0 Å². The summed E-state index contributed by atoms with van der Waals surface area (Å²) in [5.41, 5.74) is 8.70. The van der Waals surface area contributed by atoms with Gasteiger partial charge in [0.1, 0.15) is 0 Å². The Kier molecular flexibility index (Phi) is 5.53. The van der Waals surface area contributed by atoms with Gasteiger partial charge in [-0.2, -0.15) is 0 Å². The highest BCUT2D eigenvalue weighted by atomic mass is 16.2. The number of amides is 3. The van der Waals surface area contributed by atoms with Gasteiger partial charge in [-0.1, -0.05) is 18.2 Å². The first-order valence-corrected chi connectivity index (χ1v) is 10.3. The van der Waals surface area contributed by atoms with Gasteiger partial charge in [0, 0.05) is 62.0 Å². The second-order valence-corrected chi connectivity index (χ2v) is 8.19. The van der Waals surface area contributed by atoms with E-state index in [1.54, 1.807) is 24.1 Å². The van der Waals surface area contributed by atoms with Crippen LogP contribution in [-0.4, -0.2) is 59.2 Å². The summed E-state index contributed by atoms with van der Waals surface area (Å²) in [6.45, 7) is 1.92. The zero-order valence-electron chi connectivity index (χ0n) is 17.1. The van der Waals surface area contributed by atoms with E-state index >= 15 is 0 Å². The Balaban J connectivity index is 1.37. The van der Waals surface area contributed by atoms with Crippen molar-refractivity contribution in [3.63, 3.8) is 0 Å². The molecule has 0 aliphatic carbocycles. The first kappa shape index (κ1) is 20.1. The molecule has 7 nitrogen and oxygen atoms in total. The topological polar surface area (TPSA) is 96.6 Å². The summed E-state index contributed by atoms with van der Waals surface area (Å²) in [6.07, 6.45) is 3.89. The van der Waals surface area contributed by atoms with Gasteiger partial charge in [0.15, 0.2) is 0 Å². The third-order valence-electron chi connectivity index (χ3n) is 6.18. The van der Waals surface area contributed by atoms with Crippen molar-refractivity contribution in [3.05, 3.63) is 53.9 Å². The molecule has 0 unspecified atom stereocenters. The number of pyridine rings is 1. The minimum atomic E-state index is -0.448. The monoisotopic (exact) mass is 406 g/mol. The van der Waals surface area contributed by atoms with Crippen LogP contribution in [0.3, 0.4) is 0 Å². The number of rotatable bonds is 4. The average molecular weight is 406 g/mol. The number of hydrogen-bond acceptors (Lipinski definition) is 4. The summed E-state index contributed by atoms with van der Waals surface area (Å²) in [4.78, 5) is 44.0. The zero-order chi connectivity index (χ0) is 21.3. The Morgan fingerprint density at radius 2 is 1.87 bits per heavy atom. The van der Waals surface area contributed by atoms with E-state index in [0.717, 1.165) is 29.7 Å². The van der Waals surface area contributed by atoms with Crippen molar-refractivity contribution in [2.75, 3.05) is 26.7 Å². The van der Waals surface area contributed by atoms with Crippen molar-refractivity contribution < 1.29 is 14.4 Å². The fourth-order valence-electron chi connectivity index (χ4n) is 4.35. The van der Waals surface area contributed by atoms with E-state index in [1.165, 1.54) is 0 Å². The maximum Gasteiger partial charge on any atom is 0.248 e. The van der Waals surface area contributed by atoms with Crippen LogP contribution < -0.4 is 5.73 Å². The van der Waals surface area contributed by atoms with E-state index in [2.05, 4.69) is 4.98 Å². The Labute approximate surface area is 175 Å². The molecular formula is C23H26N4O3. The summed E-state index contributed by atoms with van der Waals surface area (Å²) >= 11 is 0. The third kappa shape index (κ3) is 4.06. The maximum absolute atomic E-state index is 12.7. The molecule has 4 rings (SSSR count). The van der Waals surface area contributed by atoms with Gasteiger partial charge in [-0.25, -0.2) is 0 Å². The quantitative estimate of drug-likeness (QED) is 0.840. The van der Waals surface area contributed by atoms with E-state index in [1.807, 2.05) is 35.4 Å². The van der Waals surface area contributed by atoms with Gasteiger partial charge < -0.3 is 15.5 Å². The number of carbonyl (C=O) groups is 3. The van der Waals surface area contributed by atoms with Crippen LogP contribution in [0, 0.1) is 5.92 Å². The molecule has 7 heteroatoms. The number of nitrogens with zero attached hydrogens (tertiary/aromatic N) is 3. The Hall–Kier alpha value is -3.22. The first-order valence-electron chi connectivity index (χ1n) is 10.3. The van der Waals surface area contributed by atoms with Crippen molar-refractivity contribution in [2.45, 2.75) is 25.2 Å². The summed E-state index contributed by atoms with van der Waals surface area (Å²) < 4.78 is 0. The van der Waals surface area contributed by atoms with Crippen LogP contribution in [-0.2, 0) is 9.59 Å². The third-order valence-corrected chi connectivity index (χ3v) is 6.18. The lowest BCUT2D eigenvalue weighted by Gasteiger charge is -2.33. The number of primary amides is 1. The minimum absolute atomic E-state index is 0.0499. The number of carbonyl (C=O) groups excluding carboxylic acids is 3. The lowest BCUT2D eigenvalue weighted by molar-refractivity contribution is -0.136. The van der Waals surface area contributed by atoms with Gasteiger partial charge in [-0.05, 0) is 36.6 Å². The maximum atomic E-state index is 12.7. The van der Waals surface area contributed by atoms with Gasteiger partial charge in [0.2, 0.25) is 17.7 Å². The molecule has 1 aromatic heterocycles. The molecule has 1 aromatic carbocycles. The molecule has 3 heterocycles. The van der Waals surface area contributed by atoms with Crippen LogP contribution in [0.5, 0.6) is 0 Å². The molecule has 2 aromatic rings. The van der Waals surface area contributed by atoms with Crippen LogP contribution in [0.1, 0.15) is 41.2 Å². The Morgan fingerprint density at radius 1 is 1.10 bits per heavy atom. The van der Waals surface area contributed by atoms with Crippen LogP contribution in [0.4, 0.5) is 0 Å². The van der Waals surface area contributed by atoms with Crippen molar-refractivity contribution in [1.29, 1.82) is 0 Å². The number of benzene rings is 1. The SMILES string of the molecule is CN1C[C@@H](C(=O)N2CCC(c3ccc(-c4cccc(C(N)=O)c4)cn3)CC2)CC1=O. The molecule has 156 valence electrons. The van der Waals surface area contributed by atoms with Crippen molar-refractivity contribution in [1.82, 2.24) is 14.8 Å². The van der Waals surface area contributed by atoms with E-state index in [0.29, 0.717) is 37.5 Å². The van der Waals surface area contributed by atoms with Crippen molar-refractivity contribution >= 4 is 17.7 Å². The fourth-order valence-corrected chi connectivity index (χ4v) is 4.35. The molecule has 2 N–H and O–H groups in total. The Morgan fingerprint density at radius 3 is 2.47 bits per heavy atom. The van der Waals surface area contributed by atoms with Gasteiger partial charge in [0.05, 0.1) is 5.92 Å². The highest BCUT2D eigenvalue weighted by Crippen LogP contribution is 2.30. The number of hydrogen-bond donors (Lipinski definition) is 1. The van der Waals surface area contributed by atoms with Crippen LogP contribution in [0.15, 0.2) is 42.6 Å². The zero-order valence-corrected chi connectivity index (χ0v) is 17.1. The molecule has 2 fully saturated rings. The second-order valence-electron chi connectivity index (χ2n) is 8.19. The van der Waals surface area contributed by atoms with Crippen LogP contribution in [0.25, 0.3) is 11.1 Å². The minimum Gasteiger partial charge on any atom is -0.366 e. The average Bonchev–Trinajstić information content (AvgIpc) is 3.12. The molecule has 1 atom stereocenters. The standard InChI is InChI=1S/C23H26N4O3/c1-26-14-19(12-21(26)28)23(30)27-9-7-15(8-10-27)20-6-5-18(13-25-20)16-3-2-4-17(11-16)22(24)29/h2-6,11,13,15,19H,7-10,12,14H2,1H3,(H2,24,29)/t19-/m0/s1.